The van der Waals surface area contributed by atoms with E-state index >= 15 is 0 Å². The molecule has 0 saturated heterocycles. The van der Waals surface area contributed by atoms with Gasteiger partial charge in [-0.3, -0.25) is 0 Å². The number of para-hydroxylation sites is 1. The highest BCUT2D eigenvalue weighted by Crippen LogP contribution is 2.32. The van der Waals surface area contributed by atoms with Crippen LogP contribution < -0.4 is 4.74 Å². The van der Waals surface area contributed by atoms with Crippen molar-refractivity contribution in [1.29, 1.82) is 0 Å². The smallest absolute Gasteiger partial charge is 0.197 e. The molecule has 1 unspecified atom stereocenters. The lowest BCUT2D eigenvalue weighted by molar-refractivity contribution is 0.257. The van der Waals surface area contributed by atoms with E-state index in [-0.39, 0.29) is 16.2 Å². The molecule has 1 aromatic heterocycles. The van der Waals surface area contributed by atoms with Crippen LogP contribution >= 0.6 is 23.2 Å². The highest BCUT2D eigenvalue weighted by Gasteiger charge is 2.25. The Hall–Kier alpha value is -1.39. The van der Waals surface area contributed by atoms with Crippen LogP contribution in [-0.4, -0.2) is 16.6 Å². The van der Waals surface area contributed by atoms with Crippen LogP contribution in [0.3, 0.4) is 0 Å². The van der Waals surface area contributed by atoms with Gasteiger partial charge in [0.15, 0.2) is 16.1 Å². The standard InChI is InChI=1S/C13H9Cl2FN2O/c14-11-10(16)12(15)18-13(17-11)8-5-7-3-1-2-4-9(7)19-6-8/h1-4,8H,5-6H2. The van der Waals surface area contributed by atoms with Gasteiger partial charge in [0.2, 0.25) is 0 Å². The van der Waals surface area contributed by atoms with Crippen molar-refractivity contribution in [2.24, 2.45) is 0 Å². The van der Waals surface area contributed by atoms with E-state index in [0.29, 0.717) is 18.9 Å². The monoisotopic (exact) mass is 298 g/mol. The van der Waals surface area contributed by atoms with E-state index in [4.69, 9.17) is 27.9 Å². The van der Waals surface area contributed by atoms with E-state index in [1.165, 1.54) is 0 Å². The minimum Gasteiger partial charge on any atom is -0.493 e. The van der Waals surface area contributed by atoms with Crippen LogP contribution in [0.25, 0.3) is 0 Å². The predicted molar refractivity (Wildman–Crippen MR) is 70.4 cm³/mol. The number of fused-ring (bicyclic) bond motifs is 1. The van der Waals surface area contributed by atoms with Crippen LogP contribution in [0.4, 0.5) is 4.39 Å². The molecule has 0 amide bonds. The molecule has 98 valence electrons. The highest BCUT2D eigenvalue weighted by atomic mass is 35.5. The van der Waals surface area contributed by atoms with Gasteiger partial charge in [-0.15, -0.1) is 0 Å². The van der Waals surface area contributed by atoms with E-state index in [2.05, 4.69) is 9.97 Å². The molecule has 0 radical (unpaired) electrons. The average molecular weight is 299 g/mol. The molecule has 1 aromatic carbocycles. The number of aromatic nitrogens is 2. The van der Waals surface area contributed by atoms with E-state index in [1.54, 1.807) is 0 Å². The number of rotatable bonds is 1. The minimum absolute atomic E-state index is 0.0782. The van der Waals surface area contributed by atoms with Crippen molar-refractivity contribution in [2.45, 2.75) is 12.3 Å². The number of hydrogen-bond donors (Lipinski definition) is 0. The summed E-state index contributed by atoms with van der Waals surface area (Å²) in [5.41, 5.74) is 1.07. The van der Waals surface area contributed by atoms with Gasteiger partial charge in [0.05, 0.1) is 12.5 Å². The van der Waals surface area contributed by atoms with Crippen LogP contribution in [0.15, 0.2) is 24.3 Å². The molecule has 19 heavy (non-hydrogen) atoms. The molecule has 6 heteroatoms. The molecular weight excluding hydrogens is 290 g/mol. The molecule has 0 spiro atoms. The van der Waals surface area contributed by atoms with Gasteiger partial charge in [0.1, 0.15) is 11.6 Å². The molecule has 0 N–H and O–H groups in total. The first-order valence-corrected chi connectivity index (χ1v) is 6.50. The van der Waals surface area contributed by atoms with Crippen molar-refractivity contribution in [3.05, 3.63) is 51.8 Å². The molecule has 2 heterocycles. The maximum atomic E-state index is 13.3. The zero-order valence-electron chi connectivity index (χ0n) is 9.74. The maximum Gasteiger partial charge on any atom is 0.197 e. The Kier molecular flexibility index (Phi) is 3.29. The van der Waals surface area contributed by atoms with Crippen molar-refractivity contribution < 1.29 is 9.13 Å². The Bertz CT molecular complexity index is 613. The van der Waals surface area contributed by atoms with Gasteiger partial charge in [-0.1, -0.05) is 41.4 Å². The van der Waals surface area contributed by atoms with Crippen LogP contribution in [0.5, 0.6) is 5.75 Å². The first kappa shape index (κ1) is 12.6. The van der Waals surface area contributed by atoms with Gasteiger partial charge in [0, 0.05) is 0 Å². The third-order valence-electron chi connectivity index (χ3n) is 3.03. The van der Waals surface area contributed by atoms with Gasteiger partial charge < -0.3 is 4.74 Å². The highest BCUT2D eigenvalue weighted by molar-refractivity contribution is 6.33. The third kappa shape index (κ3) is 2.38. The number of halogens is 3. The second kappa shape index (κ2) is 4.94. The Morgan fingerprint density at radius 2 is 1.84 bits per heavy atom. The molecule has 2 aromatic rings. The Balaban J connectivity index is 1.93. The molecule has 0 fully saturated rings. The second-order valence-corrected chi connectivity index (χ2v) is 5.01. The minimum atomic E-state index is -0.788. The predicted octanol–water partition coefficient (Wildman–Crippen LogP) is 3.64. The van der Waals surface area contributed by atoms with Crippen molar-refractivity contribution in [3.63, 3.8) is 0 Å². The van der Waals surface area contributed by atoms with Crippen LogP contribution in [0.1, 0.15) is 17.3 Å². The number of ether oxygens (including phenoxy) is 1. The molecule has 3 rings (SSSR count). The summed E-state index contributed by atoms with van der Waals surface area (Å²) in [6.07, 6.45) is 0.717. The first-order chi connectivity index (χ1) is 9.15. The van der Waals surface area contributed by atoms with E-state index in [1.807, 2.05) is 24.3 Å². The zero-order chi connectivity index (χ0) is 13.4. The Morgan fingerprint density at radius 1 is 1.16 bits per heavy atom. The van der Waals surface area contributed by atoms with Crippen molar-refractivity contribution in [1.82, 2.24) is 9.97 Å². The van der Waals surface area contributed by atoms with Gasteiger partial charge in [0.25, 0.3) is 0 Å². The van der Waals surface area contributed by atoms with E-state index in [0.717, 1.165) is 11.3 Å². The quantitative estimate of drug-likeness (QED) is 0.754. The Morgan fingerprint density at radius 3 is 2.58 bits per heavy atom. The second-order valence-electron chi connectivity index (χ2n) is 4.30. The number of benzene rings is 1. The molecule has 1 aliphatic rings. The Labute approximate surface area is 119 Å². The maximum absolute atomic E-state index is 13.3. The fourth-order valence-electron chi connectivity index (χ4n) is 2.09. The fraction of sp³-hybridized carbons (Fsp3) is 0.231. The lowest BCUT2D eigenvalue weighted by atomic mass is 9.96. The van der Waals surface area contributed by atoms with Crippen LogP contribution in [0.2, 0.25) is 10.3 Å². The molecule has 1 atom stereocenters. The van der Waals surface area contributed by atoms with Gasteiger partial charge in [-0.05, 0) is 18.1 Å². The van der Waals surface area contributed by atoms with Crippen LogP contribution in [-0.2, 0) is 6.42 Å². The van der Waals surface area contributed by atoms with E-state index < -0.39 is 5.82 Å². The summed E-state index contributed by atoms with van der Waals surface area (Å²) in [7, 11) is 0. The van der Waals surface area contributed by atoms with Crippen molar-refractivity contribution in [3.8, 4) is 5.75 Å². The van der Waals surface area contributed by atoms with Gasteiger partial charge >= 0.3 is 0 Å². The fourth-order valence-corrected chi connectivity index (χ4v) is 2.49. The normalized spacial score (nSPS) is 17.7. The summed E-state index contributed by atoms with van der Waals surface area (Å²) in [5.74, 6) is 0.402. The van der Waals surface area contributed by atoms with Gasteiger partial charge in [-0.25, -0.2) is 14.4 Å². The molecular formula is C13H9Cl2FN2O. The molecule has 1 aliphatic heterocycles. The number of nitrogens with zero attached hydrogens (tertiary/aromatic N) is 2. The summed E-state index contributed by atoms with van der Waals surface area (Å²) in [4.78, 5) is 7.89. The van der Waals surface area contributed by atoms with Gasteiger partial charge in [-0.2, -0.15) is 0 Å². The summed E-state index contributed by atoms with van der Waals surface area (Å²) in [6.45, 7) is 0.426. The summed E-state index contributed by atoms with van der Waals surface area (Å²) >= 11 is 11.4. The largest absolute Gasteiger partial charge is 0.493 e. The summed E-state index contributed by atoms with van der Waals surface area (Å²) in [5, 5.41) is -0.511. The van der Waals surface area contributed by atoms with E-state index in [9.17, 15) is 4.39 Å². The molecule has 0 bridgehead atoms. The van der Waals surface area contributed by atoms with Crippen LogP contribution in [0, 0.1) is 5.82 Å². The molecule has 3 nitrogen and oxygen atoms in total. The lowest BCUT2D eigenvalue weighted by Crippen LogP contribution is -2.21. The molecule has 0 aliphatic carbocycles. The zero-order valence-corrected chi connectivity index (χ0v) is 11.2. The molecule has 0 saturated carbocycles. The average Bonchev–Trinajstić information content (AvgIpc) is 2.43. The van der Waals surface area contributed by atoms with Crippen molar-refractivity contribution in [2.75, 3.05) is 6.61 Å². The van der Waals surface area contributed by atoms with Crippen molar-refractivity contribution >= 4 is 23.2 Å². The number of hydrogen-bond acceptors (Lipinski definition) is 3. The summed E-state index contributed by atoms with van der Waals surface area (Å²) in [6, 6.07) is 7.75. The topological polar surface area (TPSA) is 35.0 Å². The lowest BCUT2D eigenvalue weighted by Gasteiger charge is -2.24. The summed E-state index contributed by atoms with van der Waals surface area (Å²) < 4.78 is 18.9. The third-order valence-corrected chi connectivity index (χ3v) is 3.53. The first-order valence-electron chi connectivity index (χ1n) is 5.74. The SMILES string of the molecule is Fc1c(Cl)nc(C2COc3ccccc3C2)nc1Cl.